The van der Waals surface area contributed by atoms with E-state index in [4.69, 9.17) is 5.11 Å². The number of halogens is 4. The van der Waals surface area contributed by atoms with Crippen molar-refractivity contribution in [1.82, 2.24) is 0 Å². The van der Waals surface area contributed by atoms with Gasteiger partial charge in [0.15, 0.2) is 5.78 Å². The molecule has 1 N–H and O–H groups in total. The minimum Gasteiger partial charge on any atom is -0.481 e. The highest BCUT2D eigenvalue weighted by Gasteiger charge is 2.41. The maximum atomic E-state index is 12.2. The number of alkyl halides is 4. The Morgan fingerprint density at radius 1 is 1.25 bits per heavy atom. The van der Waals surface area contributed by atoms with Gasteiger partial charge in [-0.2, -0.15) is 8.78 Å². The molecule has 0 heterocycles. The minimum absolute atomic E-state index is 0.379. The average molecular weight is 246 g/mol. The van der Waals surface area contributed by atoms with Gasteiger partial charge in [0.05, 0.1) is 6.42 Å². The fraction of sp³-hybridized carbons (Fsp3) is 0.750. The minimum atomic E-state index is -4.30. The molecule has 0 aromatic rings. The van der Waals surface area contributed by atoms with Gasteiger partial charge >= 0.3 is 18.3 Å². The van der Waals surface area contributed by atoms with Gasteiger partial charge in [-0.15, -0.1) is 0 Å². The van der Waals surface area contributed by atoms with Crippen LogP contribution in [0.25, 0.3) is 0 Å². The van der Waals surface area contributed by atoms with Crippen molar-refractivity contribution in [2.75, 3.05) is 13.2 Å². The molecule has 0 aromatic heterocycles. The van der Waals surface area contributed by atoms with E-state index in [1.54, 1.807) is 0 Å². The Morgan fingerprint density at radius 3 is 2.25 bits per heavy atom. The molecule has 94 valence electrons. The fourth-order valence-electron chi connectivity index (χ4n) is 0.682. The summed E-state index contributed by atoms with van der Waals surface area (Å²) in [5.41, 5.74) is 0. The normalized spacial score (nSPS) is 11.8. The predicted molar refractivity (Wildman–Crippen MR) is 43.6 cm³/mol. The van der Waals surface area contributed by atoms with Crippen LogP contribution in [0.5, 0.6) is 0 Å². The molecule has 0 bridgehead atoms. The molecule has 0 rings (SSSR count). The topological polar surface area (TPSA) is 63.6 Å². The zero-order chi connectivity index (χ0) is 12.8. The van der Waals surface area contributed by atoms with E-state index in [0.29, 0.717) is 0 Å². The van der Waals surface area contributed by atoms with E-state index in [1.807, 2.05) is 0 Å². The number of carboxylic acid groups (broad SMARTS) is 1. The van der Waals surface area contributed by atoms with E-state index in [1.165, 1.54) is 0 Å². The first-order chi connectivity index (χ1) is 7.25. The largest absolute Gasteiger partial charge is 0.481 e. The lowest BCUT2D eigenvalue weighted by Gasteiger charge is -2.14. The zero-order valence-electron chi connectivity index (χ0n) is 8.09. The van der Waals surface area contributed by atoms with E-state index in [0.717, 1.165) is 0 Å². The smallest absolute Gasteiger partial charge is 0.330 e. The fourth-order valence-corrected chi connectivity index (χ4v) is 0.682. The van der Waals surface area contributed by atoms with Crippen molar-refractivity contribution in [1.29, 1.82) is 0 Å². The number of ether oxygens (including phenoxy) is 1. The molecular formula is C8H10F4O4. The van der Waals surface area contributed by atoms with E-state index in [9.17, 15) is 27.2 Å². The number of ketones is 1. The summed E-state index contributed by atoms with van der Waals surface area (Å²) in [4.78, 5) is 20.8. The van der Waals surface area contributed by atoms with Crippen molar-refractivity contribution in [3.05, 3.63) is 0 Å². The number of carbonyl (C=O) groups is 2. The van der Waals surface area contributed by atoms with Gasteiger partial charge in [-0.1, -0.05) is 0 Å². The molecule has 0 amide bonds. The Labute approximate surface area is 88.2 Å². The van der Waals surface area contributed by atoms with Crippen LogP contribution in [0.4, 0.5) is 17.6 Å². The van der Waals surface area contributed by atoms with Crippen LogP contribution in [-0.2, 0) is 14.3 Å². The van der Waals surface area contributed by atoms with E-state index < -0.39 is 43.7 Å². The SMILES string of the molecule is O=C(O)CCC(=O)COCC(F)(F)C(F)F. The second-order valence-corrected chi connectivity index (χ2v) is 2.99. The molecule has 16 heavy (non-hydrogen) atoms. The summed E-state index contributed by atoms with van der Waals surface area (Å²) < 4.78 is 51.7. The summed E-state index contributed by atoms with van der Waals surface area (Å²) in [5.74, 6) is -6.24. The highest BCUT2D eigenvalue weighted by Crippen LogP contribution is 2.22. The van der Waals surface area contributed by atoms with E-state index in [2.05, 4.69) is 4.74 Å². The molecule has 0 radical (unpaired) electrons. The summed E-state index contributed by atoms with van der Waals surface area (Å²) in [5, 5.41) is 8.18. The number of aliphatic carboxylic acids is 1. The van der Waals surface area contributed by atoms with Crippen molar-refractivity contribution in [2.24, 2.45) is 0 Å². The number of hydrogen-bond donors (Lipinski definition) is 1. The molecule has 0 aliphatic carbocycles. The molecular weight excluding hydrogens is 236 g/mol. The second kappa shape index (κ2) is 6.41. The van der Waals surface area contributed by atoms with Crippen molar-refractivity contribution in [3.63, 3.8) is 0 Å². The Balaban J connectivity index is 3.74. The van der Waals surface area contributed by atoms with Crippen molar-refractivity contribution in [2.45, 2.75) is 25.2 Å². The van der Waals surface area contributed by atoms with E-state index >= 15 is 0 Å². The van der Waals surface area contributed by atoms with Gasteiger partial charge in [-0.05, 0) is 0 Å². The Hall–Kier alpha value is -1.18. The maximum Gasteiger partial charge on any atom is 0.330 e. The Bertz CT molecular complexity index is 254. The van der Waals surface area contributed by atoms with Gasteiger partial charge in [0.25, 0.3) is 0 Å². The van der Waals surface area contributed by atoms with Crippen LogP contribution in [0.3, 0.4) is 0 Å². The highest BCUT2D eigenvalue weighted by molar-refractivity contribution is 5.83. The van der Waals surface area contributed by atoms with E-state index in [-0.39, 0.29) is 6.42 Å². The van der Waals surface area contributed by atoms with Gasteiger partial charge in [-0.25, -0.2) is 8.78 Å². The zero-order valence-corrected chi connectivity index (χ0v) is 8.09. The van der Waals surface area contributed by atoms with Crippen LogP contribution in [0.15, 0.2) is 0 Å². The summed E-state index contributed by atoms with van der Waals surface area (Å²) >= 11 is 0. The Morgan fingerprint density at radius 2 is 1.81 bits per heavy atom. The number of carbonyl (C=O) groups excluding carboxylic acids is 1. The molecule has 0 saturated carbocycles. The number of Topliss-reactive ketones (excluding diaryl/α,β-unsaturated/α-hetero) is 1. The quantitative estimate of drug-likeness (QED) is 0.656. The number of carboxylic acids is 1. The molecule has 0 fully saturated rings. The molecule has 8 heteroatoms. The molecule has 0 aliphatic heterocycles. The summed E-state index contributed by atoms with van der Waals surface area (Å²) in [7, 11) is 0. The monoisotopic (exact) mass is 246 g/mol. The lowest BCUT2D eigenvalue weighted by atomic mass is 10.2. The van der Waals surface area contributed by atoms with Gasteiger partial charge < -0.3 is 9.84 Å². The lowest BCUT2D eigenvalue weighted by Crippen LogP contribution is -2.33. The van der Waals surface area contributed by atoms with Crippen molar-refractivity contribution < 1.29 is 37.0 Å². The summed E-state index contributed by atoms with van der Waals surface area (Å²) in [6, 6.07) is 0. The molecule has 0 spiro atoms. The third kappa shape index (κ3) is 6.33. The van der Waals surface area contributed by atoms with Gasteiger partial charge in [0.2, 0.25) is 0 Å². The molecule has 0 atom stereocenters. The number of hydrogen-bond acceptors (Lipinski definition) is 3. The summed E-state index contributed by atoms with van der Waals surface area (Å²) in [6.07, 6.45) is -4.69. The molecule has 4 nitrogen and oxygen atoms in total. The maximum absolute atomic E-state index is 12.2. The highest BCUT2D eigenvalue weighted by atomic mass is 19.3. The van der Waals surface area contributed by atoms with Gasteiger partial charge in [-0.3, -0.25) is 9.59 Å². The van der Waals surface area contributed by atoms with Crippen LogP contribution in [0.2, 0.25) is 0 Å². The Kier molecular flexibility index (Phi) is 5.94. The third-order valence-electron chi connectivity index (χ3n) is 1.49. The molecule has 0 aliphatic rings. The van der Waals surface area contributed by atoms with Gasteiger partial charge in [0, 0.05) is 6.42 Å². The first-order valence-electron chi connectivity index (χ1n) is 4.23. The summed E-state index contributed by atoms with van der Waals surface area (Å²) in [6.45, 7) is -2.36. The standard InChI is InChI=1S/C8H10F4O4/c9-7(10)8(11,12)4-16-3-5(13)1-2-6(14)15/h7H,1-4H2,(H,14,15). The van der Waals surface area contributed by atoms with Gasteiger partial charge in [0.1, 0.15) is 13.2 Å². The van der Waals surface area contributed by atoms with Crippen molar-refractivity contribution >= 4 is 11.8 Å². The molecule has 0 aromatic carbocycles. The van der Waals surface area contributed by atoms with Crippen LogP contribution >= 0.6 is 0 Å². The first-order valence-corrected chi connectivity index (χ1v) is 4.23. The average Bonchev–Trinajstić information content (AvgIpc) is 2.14. The lowest BCUT2D eigenvalue weighted by molar-refractivity contribution is -0.168. The second-order valence-electron chi connectivity index (χ2n) is 2.99. The van der Waals surface area contributed by atoms with Crippen LogP contribution in [0.1, 0.15) is 12.8 Å². The predicted octanol–water partition coefficient (Wildman–Crippen LogP) is 1.34. The van der Waals surface area contributed by atoms with Crippen LogP contribution < -0.4 is 0 Å². The third-order valence-corrected chi connectivity index (χ3v) is 1.49. The van der Waals surface area contributed by atoms with Crippen LogP contribution in [-0.4, -0.2) is 42.4 Å². The number of rotatable bonds is 8. The molecule has 0 saturated heterocycles. The van der Waals surface area contributed by atoms with Crippen molar-refractivity contribution in [3.8, 4) is 0 Å². The van der Waals surface area contributed by atoms with Crippen LogP contribution in [0, 0.1) is 0 Å². The molecule has 0 unspecified atom stereocenters. The first kappa shape index (κ1) is 14.8.